The summed E-state index contributed by atoms with van der Waals surface area (Å²) in [5.41, 5.74) is 1.22. The third kappa shape index (κ3) is 3.37. The van der Waals surface area contributed by atoms with E-state index in [2.05, 4.69) is 16.7 Å². The van der Waals surface area contributed by atoms with Crippen LogP contribution in [0.15, 0.2) is 24.3 Å². The van der Waals surface area contributed by atoms with Crippen LogP contribution in [0, 0.1) is 11.3 Å². The van der Waals surface area contributed by atoms with Gasteiger partial charge in [-0.3, -0.25) is 4.79 Å². The lowest BCUT2D eigenvalue weighted by Crippen LogP contribution is -2.43. The SMILES string of the molecule is CC(C)(C#N)c1ccc(NC(=O)[C@H]2CCCCN2)cc1. The van der Waals surface area contributed by atoms with Crippen LogP contribution >= 0.6 is 0 Å². The first-order valence-corrected chi connectivity index (χ1v) is 7.09. The van der Waals surface area contributed by atoms with Gasteiger partial charge in [0.1, 0.15) is 0 Å². The number of nitrogens with zero attached hydrogens (tertiary/aromatic N) is 1. The van der Waals surface area contributed by atoms with Crippen LogP contribution in [0.1, 0.15) is 38.7 Å². The lowest BCUT2D eigenvalue weighted by molar-refractivity contribution is -0.118. The van der Waals surface area contributed by atoms with Crippen molar-refractivity contribution < 1.29 is 4.79 Å². The average Bonchev–Trinajstić information content (AvgIpc) is 2.48. The van der Waals surface area contributed by atoms with Gasteiger partial charge in [-0.05, 0) is 50.9 Å². The summed E-state index contributed by atoms with van der Waals surface area (Å²) in [6.45, 7) is 4.67. The number of anilines is 1. The number of rotatable bonds is 3. The van der Waals surface area contributed by atoms with Crippen molar-refractivity contribution in [2.45, 2.75) is 44.6 Å². The molecule has 0 aliphatic carbocycles. The van der Waals surface area contributed by atoms with Crippen molar-refractivity contribution in [3.8, 4) is 6.07 Å². The number of benzene rings is 1. The Bertz CT molecular complexity index is 508. The van der Waals surface area contributed by atoms with E-state index in [1.54, 1.807) is 0 Å². The van der Waals surface area contributed by atoms with Crippen LogP contribution in [-0.2, 0) is 10.2 Å². The highest BCUT2D eigenvalue weighted by atomic mass is 16.2. The minimum absolute atomic E-state index is 0.0250. The minimum Gasteiger partial charge on any atom is -0.325 e. The molecular weight excluding hydrogens is 250 g/mol. The van der Waals surface area contributed by atoms with Crippen molar-refractivity contribution in [1.29, 1.82) is 5.26 Å². The van der Waals surface area contributed by atoms with E-state index < -0.39 is 5.41 Å². The number of carbonyl (C=O) groups is 1. The van der Waals surface area contributed by atoms with E-state index in [-0.39, 0.29) is 11.9 Å². The standard InChI is InChI=1S/C16H21N3O/c1-16(2,11-17)12-6-8-13(9-7-12)19-15(20)14-5-3-4-10-18-14/h6-9,14,18H,3-5,10H2,1-2H3,(H,19,20)/t14-/m1/s1. The molecule has 4 heteroatoms. The monoisotopic (exact) mass is 271 g/mol. The third-order valence-electron chi connectivity index (χ3n) is 3.78. The number of amides is 1. The van der Waals surface area contributed by atoms with E-state index >= 15 is 0 Å². The maximum atomic E-state index is 12.1. The van der Waals surface area contributed by atoms with Gasteiger partial charge in [-0.1, -0.05) is 18.6 Å². The Morgan fingerprint density at radius 1 is 1.35 bits per heavy atom. The van der Waals surface area contributed by atoms with Crippen molar-refractivity contribution in [1.82, 2.24) is 5.32 Å². The molecule has 0 saturated carbocycles. The van der Waals surface area contributed by atoms with Gasteiger partial charge in [0.05, 0.1) is 17.5 Å². The maximum Gasteiger partial charge on any atom is 0.241 e. The Kier molecular flexibility index (Phi) is 4.41. The smallest absolute Gasteiger partial charge is 0.241 e. The summed E-state index contributed by atoms with van der Waals surface area (Å²) < 4.78 is 0. The van der Waals surface area contributed by atoms with E-state index in [0.29, 0.717) is 0 Å². The first kappa shape index (κ1) is 14.5. The highest BCUT2D eigenvalue weighted by Crippen LogP contribution is 2.23. The van der Waals surface area contributed by atoms with Crippen LogP contribution in [0.2, 0.25) is 0 Å². The van der Waals surface area contributed by atoms with E-state index in [4.69, 9.17) is 5.26 Å². The second kappa shape index (κ2) is 6.06. The average molecular weight is 271 g/mol. The molecule has 1 aromatic carbocycles. The second-order valence-electron chi connectivity index (χ2n) is 5.81. The van der Waals surface area contributed by atoms with Gasteiger partial charge in [0, 0.05) is 5.69 Å². The third-order valence-corrected chi connectivity index (χ3v) is 3.78. The lowest BCUT2D eigenvalue weighted by Gasteiger charge is -2.22. The van der Waals surface area contributed by atoms with E-state index in [1.165, 1.54) is 0 Å². The van der Waals surface area contributed by atoms with Gasteiger partial charge in [-0.15, -0.1) is 0 Å². The highest BCUT2D eigenvalue weighted by Gasteiger charge is 2.21. The molecule has 0 aromatic heterocycles. The molecule has 1 aromatic rings. The molecule has 106 valence electrons. The molecule has 1 aliphatic heterocycles. The number of carbonyl (C=O) groups excluding carboxylic acids is 1. The topological polar surface area (TPSA) is 64.9 Å². The summed E-state index contributed by atoms with van der Waals surface area (Å²) in [6.07, 6.45) is 3.13. The van der Waals surface area contributed by atoms with Gasteiger partial charge < -0.3 is 10.6 Å². The molecule has 2 rings (SSSR count). The predicted molar refractivity (Wildman–Crippen MR) is 79.4 cm³/mol. The Labute approximate surface area is 120 Å². The van der Waals surface area contributed by atoms with Crippen LogP contribution in [-0.4, -0.2) is 18.5 Å². The fraction of sp³-hybridized carbons (Fsp3) is 0.500. The summed E-state index contributed by atoms with van der Waals surface area (Å²) in [5, 5.41) is 15.3. The number of piperidine rings is 1. The van der Waals surface area contributed by atoms with Crippen LogP contribution in [0.25, 0.3) is 0 Å². The van der Waals surface area contributed by atoms with Crippen LogP contribution in [0.4, 0.5) is 5.69 Å². The van der Waals surface area contributed by atoms with Gasteiger partial charge in [-0.2, -0.15) is 5.26 Å². The van der Waals surface area contributed by atoms with Crippen molar-refractivity contribution in [2.24, 2.45) is 0 Å². The molecular formula is C16H21N3O. The maximum absolute atomic E-state index is 12.1. The van der Waals surface area contributed by atoms with Gasteiger partial charge in [0.2, 0.25) is 5.91 Å². The molecule has 0 spiro atoms. The van der Waals surface area contributed by atoms with E-state index in [0.717, 1.165) is 37.1 Å². The predicted octanol–water partition coefficient (Wildman–Crippen LogP) is 2.57. The minimum atomic E-state index is -0.506. The first-order chi connectivity index (χ1) is 9.53. The summed E-state index contributed by atoms with van der Waals surface area (Å²) >= 11 is 0. The Hall–Kier alpha value is -1.86. The van der Waals surface area contributed by atoms with Gasteiger partial charge >= 0.3 is 0 Å². The zero-order valence-electron chi connectivity index (χ0n) is 12.1. The zero-order valence-corrected chi connectivity index (χ0v) is 12.1. The highest BCUT2D eigenvalue weighted by molar-refractivity contribution is 5.94. The van der Waals surface area contributed by atoms with E-state index in [9.17, 15) is 4.79 Å². The quantitative estimate of drug-likeness (QED) is 0.888. The Morgan fingerprint density at radius 3 is 2.60 bits per heavy atom. The van der Waals surface area contributed by atoms with E-state index in [1.807, 2.05) is 38.1 Å². The summed E-state index contributed by atoms with van der Waals surface area (Å²) in [4.78, 5) is 12.1. The van der Waals surface area contributed by atoms with Crippen LogP contribution < -0.4 is 10.6 Å². The summed E-state index contributed by atoms with van der Waals surface area (Å²) in [7, 11) is 0. The Morgan fingerprint density at radius 2 is 2.05 bits per heavy atom. The zero-order chi connectivity index (χ0) is 14.6. The molecule has 0 radical (unpaired) electrons. The second-order valence-corrected chi connectivity index (χ2v) is 5.81. The molecule has 0 bridgehead atoms. The number of hydrogen-bond donors (Lipinski definition) is 2. The number of nitrogens with one attached hydrogen (secondary N) is 2. The number of nitriles is 1. The van der Waals surface area contributed by atoms with Gasteiger partial charge in [0.15, 0.2) is 0 Å². The molecule has 4 nitrogen and oxygen atoms in total. The van der Waals surface area contributed by atoms with Crippen LogP contribution in [0.5, 0.6) is 0 Å². The summed E-state index contributed by atoms with van der Waals surface area (Å²) in [5.74, 6) is 0.0250. The fourth-order valence-electron chi connectivity index (χ4n) is 2.34. The molecule has 1 amide bonds. The normalized spacial score (nSPS) is 19.1. The molecule has 1 aliphatic rings. The van der Waals surface area contributed by atoms with Crippen LogP contribution in [0.3, 0.4) is 0 Å². The lowest BCUT2D eigenvalue weighted by atomic mass is 9.86. The number of hydrogen-bond acceptors (Lipinski definition) is 3. The van der Waals surface area contributed by atoms with Crippen molar-refractivity contribution in [2.75, 3.05) is 11.9 Å². The van der Waals surface area contributed by atoms with Crippen molar-refractivity contribution >= 4 is 11.6 Å². The molecule has 1 fully saturated rings. The summed E-state index contributed by atoms with van der Waals surface area (Å²) in [6, 6.07) is 9.69. The molecule has 1 saturated heterocycles. The molecule has 20 heavy (non-hydrogen) atoms. The fourth-order valence-corrected chi connectivity index (χ4v) is 2.34. The molecule has 1 heterocycles. The van der Waals surface area contributed by atoms with Crippen molar-refractivity contribution in [3.05, 3.63) is 29.8 Å². The first-order valence-electron chi connectivity index (χ1n) is 7.09. The molecule has 2 N–H and O–H groups in total. The molecule has 0 unspecified atom stereocenters. The Balaban J connectivity index is 2.00. The van der Waals surface area contributed by atoms with Crippen molar-refractivity contribution in [3.63, 3.8) is 0 Å². The molecule has 1 atom stereocenters. The van der Waals surface area contributed by atoms with Gasteiger partial charge in [-0.25, -0.2) is 0 Å². The largest absolute Gasteiger partial charge is 0.325 e. The van der Waals surface area contributed by atoms with Gasteiger partial charge in [0.25, 0.3) is 0 Å².